The lowest BCUT2D eigenvalue weighted by molar-refractivity contribution is 0.0702. The van der Waals surface area contributed by atoms with Crippen molar-refractivity contribution >= 4 is 17.3 Å². The van der Waals surface area contributed by atoms with Crippen LogP contribution in [0, 0.1) is 0 Å². The molecule has 0 fully saturated rings. The monoisotopic (exact) mass is 194 g/mol. The third kappa shape index (κ3) is 1.46. The van der Waals surface area contributed by atoms with Crippen LogP contribution in [0.25, 0.3) is 5.69 Å². The van der Waals surface area contributed by atoms with Gasteiger partial charge in [0.05, 0.1) is 5.69 Å². The standard InChI is InChI=1S/C8H6N2O2S/c11-8(12)7-4-6(5-13-7)10-3-1-2-9-10/h1-5H,(H,11,12). The van der Waals surface area contributed by atoms with Crippen molar-refractivity contribution in [2.45, 2.75) is 0 Å². The van der Waals surface area contributed by atoms with Crippen LogP contribution in [0.15, 0.2) is 29.9 Å². The SMILES string of the molecule is O=C(O)c1cc(-n2cccn2)cs1. The zero-order chi connectivity index (χ0) is 9.26. The molecule has 0 atom stereocenters. The quantitative estimate of drug-likeness (QED) is 0.790. The molecule has 2 aromatic rings. The summed E-state index contributed by atoms with van der Waals surface area (Å²) in [5, 5.41) is 14.4. The van der Waals surface area contributed by atoms with E-state index in [1.54, 1.807) is 34.6 Å². The summed E-state index contributed by atoms with van der Waals surface area (Å²) < 4.78 is 1.63. The van der Waals surface area contributed by atoms with Crippen LogP contribution in [-0.4, -0.2) is 20.9 Å². The lowest BCUT2D eigenvalue weighted by Gasteiger charge is -1.92. The van der Waals surface area contributed by atoms with Gasteiger partial charge in [-0.2, -0.15) is 5.10 Å². The highest BCUT2D eigenvalue weighted by Gasteiger charge is 2.07. The molecule has 4 nitrogen and oxygen atoms in total. The molecule has 2 aromatic heterocycles. The zero-order valence-electron chi connectivity index (χ0n) is 6.54. The average molecular weight is 194 g/mol. The number of hydrogen-bond donors (Lipinski definition) is 1. The highest BCUT2D eigenvalue weighted by molar-refractivity contribution is 7.12. The summed E-state index contributed by atoms with van der Waals surface area (Å²) in [4.78, 5) is 10.9. The van der Waals surface area contributed by atoms with E-state index in [0.717, 1.165) is 5.69 Å². The zero-order valence-corrected chi connectivity index (χ0v) is 7.36. The minimum Gasteiger partial charge on any atom is -0.477 e. The van der Waals surface area contributed by atoms with Gasteiger partial charge >= 0.3 is 5.97 Å². The van der Waals surface area contributed by atoms with Crippen molar-refractivity contribution in [3.8, 4) is 5.69 Å². The molecule has 13 heavy (non-hydrogen) atoms. The number of aromatic carboxylic acids is 1. The van der Waals surface area contributed by atoms with Gasteiger partial charge in [-0.25, -0.2) is 9.48 Å². The van der Waals surface area contributed by atoms with Gasteiger partial charge in [-0.15, -0.1) is 11.3 Å². The molecule has 66 valence electrons. The molecule has 2 rings (SSSR count). The van der Waals surface area contributed by atoms with E-state index in [1.807, 2.05) is 0 Å². The van der Waals surface area contributed by atoms with Crippen molar-refractivity contribution in [1.82, 2.24) is 9.78 Å². The van der Waals surface area contributed by atoms with E-state index in [0.29, 0.717) is 4.88 Å². The van der Waals surface area contributed by atoms with Gasteiger partial charge in [-0.05, 0) is 12.1 Å². The summed E-state index contributed by atoms with van der Waals surface area (Å²) >= 11 is 1.20. The number of aromatic nitrogens is 2. The molecule has 0 aromatic carbocycles. The van der Waals surface area contributed by atoms with Crippen molar-refractivity contribution < 1.29 is 9.90 Å². The molecule has 5 heteroatoms. The fourth-order valence-electron chi connectivity index (χ4n) is 0.980. The van der Waals surface area contributed by atoms with Crippen molar-refractivity contribution in [1.29, 1.82) is 0 Å². The second-order valence-corrected chi connectivity index (χ2v) is 3.34. The molecule has 0 spiro atoms. The van der Waals surface area contributed by atoms with E-state index >= 15 is 0 Å². The van der Waals surface area contributed by atoms with Gasteiger partial charge in [0.1, 0.15) is 4.88 Å². The summed E-state index contributed by atoms with van der Waals surface area (Å²) in [5.41, 5.74) is 0.785. The van der Waals surface area contributed by atoms with Gasteiger partial charge in [0, 0.05) is 17.8 Å². The average Bonchev–Trinajstić information content (AvgIpc) is 2.75. The normalized spacial score (nSPS) is 10.2. The molecule has 0 aliphatic heterocycles. The predicted octanol–water partition coefficient (Wildman–Crippen LogP) is 1.63. The maximum atomic E-state index is 10.6. The molecule has 2 heterocycles. The van der Waals surface area contributed by atoms with Crippen LogP contribution < -0.4 is 0 Å². The van der Waals surface area contributed by atoms with Crippen LogP contribution >= 0.6 is 11.3 Å². The number of rotatable bonds is 2. The Bertz CT molecular complexity index is 419. The van der Waals surface area contributed by atoms with Crippen molar-refractivity contribution in [3.05, 3.63) is 34.8 Å². The maximum Gasteiger partial charge on any atom is 0.345 e. The smallest absolute Gasteiger partial charge is 0.345 e. The number of nitrogens with zero attached hydrogens (tertiary/aromatic N) is 2. The first kappa shape index (κ1) is 8.00. The van der Waals surface area contributed by atoms with Crippen molar-refractivity contribution in [2.75, 3.05) is 0 Å². The summed E-state index contributed by atoms with van der Waals surface area (Å²) in [7, 11) is 0. The molecule has 0 bridgehead atoms. The third-order valence-corrected chi connectivity index (χ3v) is 2.47. The predicted molar refractivity (Wildman–Crippen MR) is 48.4 cm³/mol. The summed E-state index contributed by atoms with van der Waals surface area (Å²) in [6.45, 7) is 0. The lowest BCUT2D eigenvalue weighted by atomic mass is 10.4. The lowest BCUT2D eigenvalue weighted by Crippen LogP contribution is -1.93. The van der Waals surface area contributed by atoms with E-state index < -0.39 is 5.97 Å². The van der Waals surface area contributed by atoms with Gasteiger partial charge in [0.15, 0.2) is 0 Å². The second kappa shape index (κ2) is 3.02. The van der Waals surface area contributed by atoms with E-state index in [9.17, 15) is 4.79 Å². The topological polar surface area (TPSA) is 55.1 Å². The molecular weight excluding hydrogens is 188 g/mol. The largest absolute Gasteiger partial charge is 0.477 e. The molecule has 0 unspecified atom stereocenters. The Labute approximate surface area is 78.1 Å². The molecule has 0 radical (unpaired) electrons. The maximum absolute atomic E-state index is 10.6. The van der Waals surface area contributed by atoms with Crippen LogP contribution in [0.3, 0.4) is 0 Å². The Kier molecular flexibility index (Phi) is 1.86. The number of hydrogen-bond acceptors (Lipinski definition) is 3. The van der Waals surface area contributed by atoms with Crippen LogP contribution in [-0.2, 0) is 0 Å². The van der Waals surface area contributed by atoms with Crippen molar-refractivity contribution in [2.24, 2.45) is 0 Å². The fraction of sp³-hybridized carbons (Fsp3) is 0. The van der Waals surface area contributed by atoms with Gasteiger partial charge in [-0.3, -0.25) is 0 Å². The molecule has 0 saturated heterocycles. The molecule has 0 aliphatic carbocycles. The molecule has 0 saturated carbocycles. The van der Waals surface area contributed by atoms with Crippen LogP contribution in [0.5, 0.6) is 0 Å². The van der Waals surface area contributed by atoms with Gasteiger partial charge in [0.25, 0.3) is 0 Å². The van der Waals surface area contributed by atoms with Crippen LogP contribution in [0.2, 0.25) is 0 Å². The van der Waals surface area contributed by atoms with Gasteiger partial charge in [0.2, 0.25) is 0 Å². The Hall–Kier alpha value is -1.62. The number of thiophene rings is 1. The van der Waals surface area contributed by atoms with Gasteiger partial charge in [-0.1, -0.05) is 0 Å². The summed E-state index contributed by atoms with van der Waals surface area (Å²) in [5.74, 6) is -0.900. The Morgan fingerprint density at radius 1 is 1.62 bits per heavy atom. The minimum atomic E-state index is -0.900. The number of carboxylic acids is 1. The minimum absolute atomic E-state index is 0.325. The van der Waals surface area contributed by atoms with E-state index in [2.05, 4.69) is 5.10 Å². The van der Waals surface area contributed by atoms with Crippen molar-refractivity contribution in [3.63, 3.8) is 0 Å². The Morgan fingerprint density at radius 3 is 3.00 bits per heavy atom. The first-order valence-corrected chi connectivity index (χ1v) is 4.47. The summed E-state index contributed by atoms with van der Waals surface area (Å²) in [6.07, 6.45) is 3.42. The summed E-state index contributed by atoms with van der Waals surface area (Å²) in [6, 6.07) is 3.39. The highest BCUT2D eigenvalue weighted by atomic mass is 32.1. The Balaban J connectivity index is 2.39. The number of carbonyl (C=O) groups is 1. The van der Waals surface area contributed by atoms with Crippen LogP contribution in [0.4, 0.5) is 0 Å². The van der Waals surface area contributed by atoms with E-state index in [-0.39, 0.29) is 0 Å². The molecule has 0 aliphatic rings. The fourth-order valence-corrected chi connectivity index (χ4v) is 1.69. The molecular formula is C8H6N2O2S. The van der Waals surface area contributed by atoms with E-state index in [4.69, 9.17) is 5.11 Å². The van der Waals surface area contributed by atoms with E-state index in [1.165, 1.54) is 11.3 Å². The third-order valence-electron chi connectivity index (χ3n) is 1.57. The Morgan fingerprint density at radius 2 is 2.46 bits per heavy atom. The first-order valence-electron chi connectivity index (χ1n) is 3.59. The molecule has 1 N–H and O–H groups in total. The second-order valence-electron chi connectivity index (χ2n) is 2.42. The number of carboxylic acid groups (broad SMARTS) is 1. The van der Waals surface area contributed by atoms with Crippen LogP contribution in [0.1, 0.15) is 9.67 Å². The first-order chi connectivity index (χ1) is 6.27. The highest BCUT2D eigenvalue weighted by Crippen LogP contribution is 2.17. The molecule has 0 amide bonds. The van der Waals surface area contributed by atoms with Gasteiger partial charge < -0.3 is 5.11 Å².